The number of fused-ring (bicyclic) bond motifs is 1. The van der Waals surface area contributed by atoms with Crippen LogP contribution in [0.25, 0.3) is 0 Å². The Morgan fingerprint density at radius 1 is 0.870 bits per heavy atom. The average molecular weight is 775 g/mol. The number of nitrogens with zero attached hydrogens (tertiary/aromatic N) is 1. The molecule has 1 atom stereocenters. The minimum Gasteiger partial charge on any atom is -0.493 e. The van der Waals surface area contributed by atoms with Crippen molar-refractivity contribution in [3.63, 3.8) is 0 Å². The second kappa shape index (κ2) is 17.3. The van der Waals surface area contributed by atoms with Crippen molar-refractivity contribution < 1.29 is 36.3 Å². The lowest BCUT2D eigenvalue weighted by Crippen LogP contribution is -2.39. The number of nitrogens with one attached hydrogen (secondary N) is 1. The summed E-state index contributed by atoms with van der Waals surface area (Å²) in [6, 6.07) is 7.95. The highest BCUT2D eigenvalue weighted by Crippen LogP contribution is 2.41. The lowest BCUT2D eigenvalue weighted by atomic mass is 10.1. The van der Waals surface area contributed by atoms with Gasteiger partial charge in [-0.1, -0.05) is 54.7 Å². The summed E-state index contributed by atoms with van der Waals surface area (Å²) in [5.41, 5.74) is 0.00348. The standard InChI is InChI=1S/C34H36F5IN2O3S/c1-21-34(44)42(20-26-29(38)18-24(19-30(26)39)45-14-8-6-4-2-3-5-7-12-40)31-10-9-22(15-32(31)46-21)33(43)41-13-11-25-27(36)16-23(35)17-28(25)37/h9-10,15-19,21H,2-8,11-14,20H2,1H3,(H,41,43). The van der Waals surface area contributed by atoms with Gasteiger partial charge in [0.15, 0.2) is 0 Å². The number of ether oxygens (including phenoxy) is 1. The summed E-state index contributed by atoms with van der Waals surface area (Å²) in [4.78, 5) is 27.8. The van der Waals surface area contributed by atoms with Crippen molar-refractivity contribution in [3.05, 3.63) is 88.2 Å². The molecule has 1 aliphatic heterocycles. The Kier molecular flexibility index (Phi) is 13.6. The smallest absolute Gasteiger partial charge is 0.251 e. The second-order valence-corrected chi connectivity index (χ2v) is 13.6. The topological polar surface area (TPSA) is 58.6 Å². The lowest BCUT2D eigenvalue weighted by Gasteiger charge is -2.33. The van der Waals surface area contributed by atoms with Crippen LogP contribution in [0.4, 0.5) is 27.6 Å². The van der Waals surface area contributed by atoms with Crippen molar-refractivity contribution in [2.24, 2.45) is 0 Å². The Morgan fingerprint density at radius 2 is 1.48 bits per heavy atom. The van der Waals surface area contributed by atoms with E-state index in [1.807, 2.05) is 0 Å². The van der Waals surface area contributed by atoms with E-state index in [0.29, 0.717) is 29.3 Å². The first-order valence-corrected chi connectivity index (χ1v) is 17.7. The Balaban J connectivity index is 1.37. The van der Waals surface area contributed by atoms with Crippen LogP contribution in [0.1, 0.15) is 73.4 Å². The van der Waals surface area contributed by atoms with Gasteiger partial charge in [0.05, 0.1) is 24.1 Å². The predicted octanol–water partition coefficient (Wildman–Crippen LogP) is 8.93. The largest absolute Gasteiger partial charge is 0.493 e. The van der Waals surface area contributed by atoms with E-state index < -0.39 is 40.2 Å². The quantitative estimate of drug-likeness (QED) is 0.0684. The highest BCUT2D eigenvalue weighted by atomic mass is 127. The number of carbonyl (C=O) groups excluding carboxylic acids is 2. The van der Waals surface area contributed by atoms with Crippen LogP contribution in [-0.4, -0.2) is 34.6 Å². The average Bonchev–Trinajstić information content (AvgIpc) is 3.00. The van der Waals surface area contributed by atoms with Crippen LogP contribution >= 0.6 is 34.4 Å². The van der Waals surface area contributed by atoms with E-state index in [1.54, 1.807) is 13.0 Å². The van der Waals surface area contributed by atoms with E-state index in [0.717, 1.165) is 31.4 Å². The van der Waals surface area contributed by atoms with Crippen molar-refractivity contribution in [3.8, 4) is 5.75 Å². The summed E-state index contributed by atoms with van der Waals surface area (Å²) in [5.74, 6) is -5.53. The minimum absolute atomic E-state index is 0.0932. The molecule has 1 heterocycles. The summed E-state index contributed by atoms with van der Waals surface area (Å²) >= 11 is 3.59. The van der Waals surface area contributed by atoms with Crippen molar-refractivity contribution in [2.45, 2.75) is 75.0 Å². The van der Waals surface area contributed by atoms with Gasteiger partial charge in [0.25, 0.3) is 5.91 Å². The third-order valence-corrected chi connectivity index (χ3v) is 9.57. The number of unbranched alkanes of at least 4 members (excludes halogenated alkanes) is 6. The molecule has 5 nitrogen and oxygen atoms in total. The van der Waals surface area contributed by atoms with Gasteiger partial charge in [0.2, 0.25) is 5.91 Å². The fourth-order valence-electron chi connectivity index (χ4n) is 5.17. The number of amides is 2. The van der Waals surface area contributed by atoms with E-state index in [4.69, 9.17) is 4.74 Å². The van der Waals surface area contributed by atoms with Gasteiger partial charge in [0, 0.05) is 52.4 Å². The molecule has 0 saturated heterocycles. The van der Waals surface area contributed by atoms with Crippen molar-refractivity contribution in [2.75, 3.05) is 22.5 Å². The van der Waals surface area contributed by atoms with Crippen LogP contribution in [0.3, 0.4) is 0 Å². The van der Waals surface area contributed by atoms with Gasteiger partial charge in [-0.15, -0.1) is 11.8 Å². The molecule has 46 heavy (non-hydrogen) atoms. The fourth-order valence-corrected chi connectivity index (χ4v) is 6.81. The monoisotopic (exact) mass is 774 g/mol. The van der Waals surface area contributed by atoms with Crippen molar-refractivity contribution in [1.82, 2.24) is 5.32 Å². The van der Waals surface area contributed by atoms with Gasteiger partial charge < -0.3 is 15.0 Å². The molecule has 0 fully saturated rings. The summed E-state index contributed by atoms with van der Waals surface area (Å²) in [6.07, 6.45) is 7.54. The molecule has 1 N–H and O–H groups in total. The number of rotatable bonds is 16. The number of alkyl halides is 1. The Labute approximate surface area is 283 Å². The first-order valence-electron chi connectivity index (χ1n) is 15.3. The molecule has 0 aliphatic carbocycles. The van der Waals surface area contributed by atoms with Crippen LogP contribution < -0.4 is 15.0 Å². The van der Waals surface area contributed by atoms with Gasteiger partial charge in [-0.3, -0.25) is 9.59 Å². The van der Waals surface area contributed by atoms with Crippen molar-refractivity contribution in [1.29, 1.82) is 0 Å². The van der Waals surface area contributed by atoms with Crippen LogP contribution in [0.15, 0.2) is 47.4 Å². The number of halogens is 6. The molecule has 1 aliphatic rings. The van der Waals surface area contributed by atoms with Crippen LogP contribution in [0.5, 0.6) is 5.75 Å². The summed E-state index contributed by atoms with van der Waals surface area (Å²) in [6.45, 7) is 1.55. The van der Waals surface area contributed by atoms with Gasteiger partial charge in [0.1, 0.15) is 34.8 Å². The molecule has 0 aromatic heterocycles. The summed E-state index contributed by atoms with van der Waals surface area (Å²) in [7, 11) is 0. The van der Waals surface area contributed by atoms with Crippen LogP contribution in [0, 0.1) is 29.1 Å². The number of hydrogen-bond donors (Lipinski definition) is 1. The van der Waals surface area contributed by atoms with E-state index in [2.05, 4.69) is 27.9 Å². The van der Waals surface area contributed by atoms with Gasteiger partial charge in [-0.2, -0.15) is 0 Å². The molecular formula is C34H36F5IN2O3S. The van der Waals surface area contributed by atoms with E-state index in [1.165, 1.54) is 58.9 Å². The third-order valence-electron chi connectivity index (χ3n) is 7.67. The number of hydrogen-bond acceptors (Lipinski definition) is 4. The molecule has 1 unspecified atom stereocenters. The van der Waals surface area contributed by atoms with Gasteiger partial charge in [-0.05, 0) is 48.8 Å². The number of anilines is 1. The maximum absolute atomic E-state index is 15.1. The Bertz CT molecular complexity index is 1500. The molecular weight excluding hydrogens is 738 g/mol. The molecule has 0 radical (unpaired) electrons. The van der Waals surface area contributed by atoms with E-state index >= 15 is 8.78 Å². The normalized spacial score (nSPS) is 14.4. The second-order valence-electron chi connectivity index (χ2n) is 11.1. The minimum atomic E-state index is -1.04. The van der Waals surface area contributed by atoms with Gasteiger partial charge >= 0.3 is 0 Å². The molecule has 0 spiro atoms. The Hall–Kier alpha value is -2.87. The molecule has 2 amide bonds. The maximum Gasteiger partial charge on any atom is 0.251 e. The fraction of sp³-hybridized carbons (Fsp3) is 0.412. The molecule has 3 aromatic carbocycles. The highest BCUT2D eigenvalue weighted by Gasteiger charge is 2.32. The molecule has 248 valence electrons. The lowest BCUT2D eigenvalue weighted by molar-refractivity contribution is -0.118. The van der Waals surface area contributed by atoms with Gasteiger partial charge in [-0.25, -0.2) is 22.0 Å². The van der Waals surface area contributed by atoms with E-state index in [9.17, 15) is 22.8 Å². The predicted molar refractivity (Wildman–Crippen MR) is 178 cm³/mol. The zero-order valence-corrected chi connectivity index (χ0v) is 28.4. The van der Waals surface area contributed by atoms with E-state index in [-0.39, 0.29) is 47.9 Å². The number of thioether (sulfide) groups is 1. The first kappa shape index (κ1) is 36.0. The number of benzene rings is 3. The van der Waals surface area contributed by atoms with Crippen molar-refractivity contribution >= 4 is 51.9 Å². The molecule has 3 aromatic rings. The number of carbonyl (C=O) groups is 2. The van der Waals surface area contributed by atoms with Crippen LogP contribution in [0.2, 0.25) is 0 Å². The molecule has 0 bridgehead atoms. The third kappa shape index (κ3) is 9.58. The SMILES string of the molecule is CC1Sc2cc(C(=O)NCCc3c(F)cc(F)cc3F)ccc2N(Cc2c(F)cc(OCCCCCCCCCI)cc2F)C1=O. The molecule has 4 rings (SSSR count). The zero-order chi connectivity index (χ0) is 33.2. The molecule has 12 heteroatoms. The maximum atomic E-state index is 15.1. The first-order chi connectivity index (χ1) is 22.1. The highest BCUT2D eigenvalue weighted by molar-refractivity contribution is 14.1. The van der Waals surface area contributed by atoms with Crippen LogP contribution in [-0.2, 0) is 17.8 Å². The summed E-state index contributed by atoms with van der Waals surface area (Å²) in [5, 5.41) is 1.99. The Morgan fingerprint density at radius 3 is 2.13 bits per heavy atom. The molecule has 0 saturated carbocycles. The summed E-state index contributed by atoms with van der Waals surface area (Å²) < 4.78 is 78.1. The zero-order valence-electron chi connectivity index (χ0n) is 25.5.